The van der Waals surface area contributed by atoms with E-state index in [0.29, 0.717) is 11.8 Å². The second-order valence-corrected chi connectivity index (χ2v) is 13.2. The molecule has 1 saturated heterocycles. The van der Waals surface area contributed by atoms with Gasteiger partial charge < -0.3 is 20.1 Å². The predicted octanol–water partition coefficient (Wildman–Crippen LogP) is 4.69. The highest BCUT2D eigenvalue weighted by Gasteiger charge is 2.84. The Morgan fingerprint density at radius 2 is 1.68 bits per heavy atom. The third-order valence-electron chi connectivity index (χ3n) is 11.4. The fourth-order valence-corrected chi connectivity index (χ4v) is 9.71. The van der Waals surface area contributed by atoms with Crippen LogP contribution in [0.3, 0.4) is 0 Å². The second-order valence-electron chi connectivity index (χ2n) is 13.2. The summed E-state index contributed by atoms with van der Waals surface area (Å²) in [6.45, 7) is 11.8. The average Bonchev–Trinajstić information content (AvgIpc) is 3.30. The third-order valence-corrected chi connectivity index (χ3v) is 11.4. The molecule has 178 valence electrons. The molecule has 1 aliphatic heterocycles. The van der Waals surface area contributed by atoms with Crippen molar-refractivity contribution in [2.24, 2.45) is 40.4 Å². The molecule has 0 aromatic carbocycles. The zero-order valence-electron chi connectivity index (χ0n) is 20.4. The van der Waals surface area contributed by atoms with E-state index in [4.69, 9.17) is 4.74 Å². The molecule has 0 aromatic heterocycles. The van der Waals surface area contributed by atoms with Crippen molar-refractivity contribution >= 4 is 0 Å². The lowest BCUT2D eigenvalue weighted by Crippen LogP contribution is -2.72. The van der Waals surface area contributed by atoms with Gasteiger partial charge in [0.05, 0.1) is 6.10 Å². The lowest BCUT2D eigenvalue weighted by atomic mass is 9.42. The maximum Gasteiger partial charge on any atom is 0.117 e. The van der Waals surface area contributed by atoms with Crippen LogP contribution < -0.4 is 0 Å². The van der Waals surface area contributed by atoms with Crippen molar-refractivity contribution < 1.29 is 20.1 Å². The summed E-state index contributed by atoms with van der Waals surface area (Å²) in [6.07, 6.45) is 8.89. The minimum absolute atomic E-state index is 0.248. The predicted molar refractivity (Wildman–Crippen MR) is 121 cm³/mol. The van der Waals surface area contributed by atoms with E-state index in [-0.39, 0.29) is 29.0 Å². The number of hydrogen-bond donors (Lipinski definition) is 3. The summed E-state index contributed by atoms with van der Waals surface area (Å²) in [5.74, 6) is 3.04. The molecule has 7 unspecified atom stereocenters. The van der Waals surface area contributed by atoms with E-state index in [2.05, 4.69) is 34.6 Å². The van der Waals surface area contributed by atoms with Gasteiger partial charge in [0.2, 0.25) is 0 Å². The van der Waals surface area contributed by atoms with Gasteiger partial charge in [-0.1, -0.05) is 53.9 Å². The Balaban J connectivity index is 1.41. The maximum atomic E-state index is 11.7. The molecule has 11 atom stereocenters. The van der Waals surface area contributed by atoms with Crippen molar-refractivity contribution in [3.63, 3.8) is 0 Å². The average molecular weight is 435 g/mol. The normalized spacial score (nSPS) is 56.4. The van der Waals surface area contributed by atoms with Crippen molar-refractivity contribution in [1.82, 2.24) is 0 Å². The first-order valence-corrected chi connectivity index (χ1v) is 13.3. The topological polar surface area (TPSA) is 73.2 Å². The van der Waals surface area contributed by atoms with Gasteiger partial charge in [-0.15, -0.1) is 0 Å². The highest BCUT2D eigenvalue weighted by Crippen LogP contribution is 2.76. The number of ether oxygens (including phenoxy) is 1. The van der Waals surface area contributed by atoms with Gasteiger partial charge in [-0.2, -0.15) is 0 Å². The van der Waals surface area contributed by atoms with Gasteiger partial charge in [-0.3, -0.25) is 0 Å². The molecule has 5 rings (SSSR count). The molecule has 1 spiro atoms. The second kappa shape index (κ2) is 7.17. The summed E-state index contributed by atoms with van der Waals surface area (Å²) < 4.78 is 6.57. The van der Waals surface area contributed by atoms with Crippen molar-refractivity contribution in [1.29, 1.82) is 0 Å². The number of aliphatic hydroxyl groups is 3. The van der Waals surface area contributed by atoms with E-state index in [1.54, 1.807) is 0 Å². The number of hydrogen-bond acceptors (Lipinski definition) is 4. The quantitative estimate of drug-likeness (QED) is 0.549. The largest absolute Gasteiger partial charge is 0.393 e. The molecule has 3 N–H and O–H groups in total. The summed E-state index contributed by atoms with van der Waals surface area (Å²) in [5, 5.41) is 33.4. The van der Waals surface area contributed by atoms with Crippen molar-refractivity contribution in [3.8, 4) is 0 Å². The van der Waals surface area contributed by atoms with Crippen LogP contribution in [0, 0.1) is 40.4 Å². The lowest BCUT2D eigenvalue weighted by molar-refractivity contribution is -0.246. The molecule has 5 fully saturated rings. The van der Waals surface area contributed by atoms with Crippen molar-refractivity contribution in [2.45, 2.75) is 128 Å². The Hall–Kier alpha value is -0.160. The summed E-state index contributed by atoms with van der Waals surface area (Å²) >= 11 is 0. The van der Waals surface area contributed by atoms with Gasteiger partial charge in [0.1, 0.15) is 23.4 Å². The highest BCUT2D eigenvalue weighted by atomic mass is 16.6. The molecule has 0 amide bonds. The molecule has 0 bridgehead atoms. The van der Waals surface area contributed by atoms with Crippen LogP contribution in [0.4, 0.5) is 0 Å². The van der Waals surface area contributed by atoms with Gasteiger partial charge in [0.15, 0.2) is 0 Å². The van der Waals surface area contributed by atoms with Crippen LogP contribution in [0.2, 0.25) is 0 Å². The zero-order chi connectivity index (χ0) is 22.4. The van der Waals surface area contributed by atoms with Crippen LogP contribution in [0.1, 0.15) is 98.8 Å². The summed E-state index contributed by atoms with van der Waals surface area (Å²) in [5.41, 5.74) is -1.57. The highest BCUT2D eigenvalue weighted by molar-refractivity contribution is 5.32. The molecule has 0 aromatic rings. The SMILES string of the molecule is CC(C)CCCC(C)[C@H]1CCC2C34OC3C(O)C3(O)C[C@@H](O)CC[C@]3(C)C4CC[C@@]21C. The summed E-state index contributed by atoms with van der Waals surface area (Å²) in [7, 11) is 0. The number of fused-ring (bicyclic) bond motifs is 3. The minimum atomic E-state index is -1.23. The minimum Gasteiger partial charge on any atom is -0.393 e. The van der Waals surface area contributed by atoms with Crippen LogP contribution in [0.15, 0.2) is 0 Å². The Morgan fingerprint density at radius 1 is 0.935 bits per heavy atom. The van der Waals surface area contributed by atoms with Crippen LogP contribution >= 0.6 is 0 Å². The fourth-order valence-electron chi connectivity index (χ4n) is 9.71. The van der Waals surface area contributed by atoms with Gasteiger partial charge in [-0.05, 0) is 73.5 Å². The number of aliphatic hydroxyl groups excluding tert-OH is 2. The van der Waals surface area contributed by atoms with Crippen molar-refractivity contribution in [3.05, 3.63) is 0 Å². The third kappa shape index (κ3) is 2.87. The van der Waals surface area contributed by atoms with Crippen molar-refractivity contribution in [2.75, 3.05) is 0 Å². The molecule has 4 nitrogen and oxygen atoms in total. The van der Waals surface area contributed by atoms with Crippen LogP contribution in [0.5, 0.6) is 0 Å². The maximum absolute atomic E-state index is 11.7. The Labute approximate surface area is 189 Å². The number of rotatable bonds is 5. The van der Waals surface area contributed by atoms with E-state index in [1.807, 2.05) is 0 Å². The van der Waals surface area contributed by atoms with Gasteiger partial charge in [-0.25, -0.2) is 0 Å². The Morgan fingerprint density at radius 3 is 2.39 bits per heavy atom. The van der Waals surface area contributed by atoms with Gasteiger partial charge in [0.25, 0.3) is 0 Å². The van der Waals surface area contributed by atoms with E-state index >= 15 is 0 Å². The zero-order valence-corrected chi connectivity index (χ0v) is 20.4. The smallest absolute Gasteiger partial charge is 0.117 e. The van der Waals surface area contributed by atoms with Gasteiger partial charge in [0, 0.05) is 11.8 Å². The molecule has 0 radical (unpaired) electrons. The molecule has 5 aliphatic rings. The molecule has 4 saturated carbocycles. The first-order chi connectivity index (χ1) is 14.5. The molecule has 1 heterocycles. The fraction of sp³-hybridized carbons (Fsp3) is 1.00. The Bertz CT molecular complexity index is 709. The first-order valence-electron chi connectivity index (χ1n) is 13.3. The van der Waals surface area contributed by atoms with E-state index in [9.17, 15) is 15.3 Å². The standard InChI is InChI=1S/C27H46O4/c1-16(2)7-6-8-17(3)19-9-10-20-24(19,4)13-12-21-25(5)14-11-18(28)15-26(25,30)22(29)23-27(20,21)31-23/h16-23,28-30H,6-15H2,1-5H3/t17?,18-,19+,20?,21?,22?,23?,24+,25+,26?,27?/m0/s1. The summed E-state index contributed by atoms with van der Waals surface area (Å²) in [4.78, 5) is 0. The molecule has 31 heavy (non-hydrogen) atoms. The van der Waals surface area contributed by atoms with Crippen LogP contribution in [-0.2, 0) is 4.74 Å². The van der Waals surface area contributed by atoms with Crippen LogP contribution in [0.25, 0.3) is 0 Å². The molecule has 4 heteroatoms. The monoisotopic (exact) mass is 434 g/mol. The molecule has 4 aliphatic carbocycles. The van der Waals surface area contributed by atoms with Crippen LogP contribution in [-0.4, -0.2) is 44.8 Å². The number of epoxide rings is 1. The molecular formula is C27H46O4. The Kier molecular flexibility index (Phi) is 5.23. The van der Waals surface area contributed by atoms with E-state index < -0.39 is 17.8 Å². The summed E-state index contributed by atoms with van der Waals surface area (Å²) in [6, 6.07) is 0. The first kappa shape index (κ1) is 22.6. The van der Waals surface area contributed by atoms with E-state index in [0.717, 1.165) is 37.0 Å². The molecular weight excluding hydrogens is 388 g/mol. The van der Waals surface area contributed by atoms with E-state index in [1.165, 1.54) is 38.5 Å². The van der Waals surface area contributed by atoms with Gasteiger partial charge >= 0.3 is 0 Å². The lowest BCUT2D eigenvalue weighted by Gasteiger charge is -2.63.